The Balaban J connectivity index is 1.64. The second-order valence-corrected chi connectivity index (χ2v) is 8.38. The monoisotopic (exact) mass is 348 g/mol. The van der Waals surface area contributed by atoms with Crippen molar-refractivity contribution in [1.29, 1.82) is 0 Å². The SMILES string of the molecule is NC(=O)CCS(=O)(=O)CCn1cc(-c2ccc3c(c2)CCC3)nn1. The highest BCUT2D eigenvalue weighted by atomic mass is 32.2. The number of rotatable bonds is 7. The van der Waals surface area contributed by atoms with Crippen LogP contribution in [0.1, 0.15) is 24.0 Å². The van der Waals surface area contributed by atoms with E-state index in [1.165, 1.54) is 22.2 Å². The molecule has 1 aromatic heterocycles. The van der Waals surface area contributed by atoms with Crippen LogP contribution in [0.3, 0.4) is 0 Å². The van der Waals surface area contributed by atoms with Crippen LogP contribution in [0.15, 0.2) is 24.4 Å². The number of hydrogen-bond donors (Lipinski definition) is 1. The second-order valence-electron chi connectivity index (χ2n) is 6.07. The molecule has 2 aromatic rings. The zero-order valence-electron chi connectivity index (χ0n) is 13.3. The van der Waals surface area contributed by atoms with E-state index in [0.717, 1.165) is 24.1 Å². The van der Waals surface area contributed by atoms with Gasteiger partial charge in [-0.2, -0.15) is 0 Å². The molecule has 7 nitrogen and oxygen atoms in total. The van der Waals surface area contributed by atoms with Crippen LogP contribution >= 0.6 is 0 Å². The molecule has 0 unspecified atom stereocenters. The molecule has 1 aliphatic carbocycles. The molecule has 8 heteroatoms. The van der Waals surface area contributed by atoms with Crippen LogP contribution in [0.25, 0.3) is 11.3 Å². The van der Waals surface area contributed by atoms with E-state index in [2.05, 4.69) is 22.4 Å². The highest BCUT2D eigenvalue weighted by Gasteiger charge is 2.15. The first-order chi connectivity index (χ1) is 11.4. The lowest BCUT2D eigenvalue weighted by Crippen LogP contribution is -2.21. The minimum Gasteiger partial charge on any atom is -0.370 e. The van der Waals surface area contributed by atoms with Gasteiger partial charge in [0, 0.05) is 12.0 Å². The second kappa shape index (κ2) is 6.72. The predicted octanol–water partition coefficient (Wildman–Crippen LogP) is 0.724. The van der Waals surface area contributed by atoms with E-state index >= 15 is 0 Å². The predicted molar refractivity (Wildman–Crippen MR) is 89.9 cm³/mol. The molecule has 0 fully saturated rings. The van der Waals surface area contributed by atoms with Crippen molar-refractivity contribution in [3.8, 4) is 11.3 Å². The Morgan fingerprint density at radius 2 is 2.00 bits per heavy atom. The normalized spacial score (nSPS) is 13.8. The van der Waals surface area contributed by atoms with Gasteiger partial charge in [0.2, 0.25) is 5.91 Å². The summed E-state index contributed by atoms with van der Waals surface area (Å²) in [6.45, 7) is 0.207. The molecule has 0 atom stereocenters. The number of nitrogens with two attached hydrogens (primary N) is 1. The van der Waals surface area contributed by atoms with Crippen molar-refractivity contribution >= 4 is 15.7 Å². The molecule has 1 aliphatic rings. The van der Waals surface area contributed by atoms with Crippen LogP contribution in [-0.2, 0) is 34.0 Å². The van der Waals surface area contributed by atoms with Crippen molar-refractivity contribution in [2.24, 2.45) is 5.73 Å². The van der Waals surface area contributed by atoms with Crippen molar-refractivity contribution in [2.75, 3.05) is 11.5 Å². The quantitative estimate of drug-likeness (QED) is 0.793. The summed E-state index contributed by atoms with van der Waals surface area (Å²) in [6, 6.07) is 6.30. The molecule has 0 saturated carbocycles. The highest BCUT2D eigenvalue weighted by Crippen LogP contribution is 2.26. The van der Waals surface area contributed by atoms with Gasteiger partial charge in [-0.25, -0.2) is 8.42 Å². The van der Waals surface area contributed by atoms with Crippen molar-refractivity contribution in [3.05, 3.63) is 35.5 Å². The first-order valence-electron chi connectivity index (χ1n) is 7.94. The maximum absolute atomic E-state index is 11.8. The van der Waals surface area contributed by atoms with E-state index in [4.69, 9.17) is 5.73 Å². The summed E-state index contributed by atoms with van der Waals surface area (Å²) in [4.78, 5) is 10.7. The number of benzene rings is 1. The number of amides is 1. The molecule has 0 saturated heterocycles. The Labute approximate surface area is 140 Å². The van der Waals surface area contributed by atoms with Crippen molar-refractivity contribution in [3.63, 3.8) is 0 Å². The van der Waals surface area contributed by atoms with E-state index in [0.29, 0.717) is 0 Å². The minimum absolute atomic E-state index is 0.0900. The van der Waals surface area contributed by atoms with Gasteiger partial charge in [0.05, 0.1) is 24.2 Å². The number of nitrogens with zero attached hydrogens (tertiary/aromatic N) is 3. The van der Waals surface area contributed by atoms with Gasteiger partial charge in [0.25, 0.3) is 0 Å². The summed E-state index contributed by atoms with van der Waals surface area (Å²) in [5.41, 5.74) is 9.47. The molecule has 128 valence electrons. The summed E-state index contributed by atoms with van der Waals surface area (Å²) in [5, 5.41) is 8.13. The van der Waals surface area contributed by atoms with Crippen molar-refractivity contribution < 1.29 is 13.2 Å². The third-order valence-corrected chi connectivity index (χ3v) is 5.85. The van der Waals surface area contributed by atoms with E-state index < -0.39 is 15.7 Å². The smallest absolute Gasteiger partial charge is 0.218 e. The zero-order valence-corrected chi connectivity index (χ0v) is 14.1. The number of carbonyl (C=O) groups excluding carboxylic acids is 1. The molecule has 0 radical (unpaired) electrons. The number of hydrogen-bond acceptors (Lipinski definition) is 5. The summed E-state index contributed by atoms with van der Waals surface area (Å²) < 4.78 is 25.2. The van der Waals surface area contributed by atoms with Crippen LogP contribution in [0, 0.1) is 0 Å². The summed E-state index contributed by atoms with van der Waals surface area (Å²) in [6.07, 6.45) is 5.01. The molecular weight excluding hydrogens is 328 g/mol. The van der Waals surface area contributed by atoms with Gasteiger partial charge in [-0.15, -0.1) is 5.10 Å². The standard InChI is InChI=1S/C16H20N4O3S/c17-16(21)6-8-24(22,23)9-7-20-11-15(18-19-20)14-5-4-12-2-1-3-13(12)10-14/h4-5,10-11H,1-3,6-9H2,(H2,17,21). The zero-order chi connectivity index (χ0) is 17.2. The Bertz CT molecular complexity index is 858. The number of aryl methyl sites for hydroxylation is 3. The maximum atomic E-state index is 11.8. The summed E-state index contributed by atoms with van der Waals surface area (Å²) in [7, 11) is -3.33. The van der Waals surface area contributed by atoms with Gasteiger partial charge in [0.15, 0.2) is 9.84 Å². The van der Waals surface area contributed by atoms with Gasteiger partial charge in [-0.1, -0.05) is 17.3 Å². The largest absolute Gasteiger partial charge is 0.370 e. The lowest BCUT2D eigenvalue weighted by atomic mass is 10.1. The number of aromatic nitrogens is 3. The third-order valence-electron chi connectivity index (χ3n) is 4.22. The Kier molecular flexibility index (Phi) is 4.66. The van der Waals surface area contributed by atoms with Crippen LogP contribution < -0.4 is 5.73 Å². The van der Waals surface area contributed by atoms with Gasteiger partial charge >= 0.3 is 0 Å². The number of primary amides is 1. The summed E-state index contributed by atoms with van der Waals surface area (Å²) >= 11 is 0. The van der Waals surface area contributed by atoms with Gasteiger partial charge in [-0.05, 0) is 36.5 Å². The molecular formula is C16H20N4O3S. The van der Waals surface area contributed by atoms with Gasteiger partial charge in [-0.3, -0.25) is 9.48 Å². The van der Waals surface area contributed by atoms with Crippen LogP contribution in [0.5, 0.6) is 0 Å². The molecule has 0 bridgehead atoms. The van der Waals surface area contributed by atoms with Crippen molar-refractivity contribution in [2.45, 2.75) is 32.2 Å². The fraction of sp³-hybridized carbons (Fsp3) is 0.438. The highest BCUT2D eigenvalue weighted by molar-refractivity contribution is 7.91. The molecule has 0 spiro atoms. The molecule has 1 aromatic carbocycles. The molecule has 3 rings (SSSR count). The number of sulfone groups is 1. The first-order valence-corrected chi connectivity index (χ1v) is 9.76. The van der Waals surface area contributed by atoms with E-state index in [-0.39, 0.29) is 24.5 Å². The fourth-order valence-corrected chi connectivity index (χ4v) is 4.04. The molecule has 24 heavy (non-hydrogen) atoms. The molecule has 0 aliphatic heterocycles. The van der Waals surface area contributed by atoms with Crippen LogP contribution in [0.4, 0.5) is 0 Å². The topological polar surface area (TPSA) is 108 Å². The average molecular weight is 348 g/mol. The lowest BCUT2D eigenvalue weighted by Gasteiger charge is -2.03. The van der Waals surface area contributed by atoms with Gasteiger partial charge < -0.3 is 5.73 Å². The Morgan fingerprint density at radius 3 is 2.79 bits per heavy atom. The van der Waals surface area contributed by atoms with E-state index in [1.54, 1.807) is 6.20 Å². The maximum Gasteiger partial charge on any atom is 0.218 e. The number of carbonyl (C=O) groups is 1. The molecule has 2 N–H and O–H groups in total. The Morgan fingerprint density at radius 1 is 1.21 bits per heavy atom. The summed E-state index contributed by atoms with van der Waals surface area (Å²) in [5.74, 6) is -0.930. The molecule has 1 heterocycles. The lowest BCUT2D eigenvalue weighted by molar-refractivity contribution is -0.117. The van der Waals surface area contributed by atoms with Crippen LogP contribution in [-0.4, -0.2) is 40.8 Å². The fourth-order valence-electron chi connectivity index (χ4n) is 2.86. The van der Waals surface area contributed by atoms with Gasteiger partial charge in [0.1, 0.15) is 5.69 Å². The third kappa shape index (κ3) is 4.00. The minimum atomic E-state index is -3.33. The first kappa shape index (κ1) is 16.6. The van der Waals surface area contributed by atoms with Crippen LogP contribution in [0.2, 0.25) is 0 Å². The van der Waals surface area contributed by atoms with E-state index in [9.17, 15) is 13.2 Å². The van der Waals surface area contributed by atoms with E-state index in [1.807, 2.05) is 6.07 Å². The average Bonchev–Trinajstić information content (AvgIpc) is 3.19. The van der Waals surface area contributed by atoms with Crippen molar-refractivity contribution in [1.82, 2.24) is 15.0 Å². The molecule has 1 amide bonds. The Hall–Kier alpha value is -2.22. The number of fused-ring (bicyclic) bond motifs is 1.